The van der Waals surface area contributed by atoms with Gasteiger partial charge < -0.3 is 51.1 Å². The number of hydrogen-bond donors (Lipinski definition) is 10. The van der Waals surface area contributed by atoms with Crippen molar-refractivity contribution in [3.63, 3.8) is 0 Å². The van der Waals surface area contributed by atoms with Crippen molar-refractivity contribution in [3.8, 4) is 0 Å². The molecule has 0 unspecified atom stereocenters. The molecular weight excluding hydrogens is 324 g/mol. The minimum atomic E-state index is -1.83. The standard InChI is InChI=1S/5CH2O3.Mg.2H/c5*2-1(3)4;;;/h5*(H2,2,3,4);;;. The van der Waals surface area contributed by atoms with E-state index in [1.165, 1.54) is 0 Å². The highest BCUT2D eigenvalue weighted by atomic mass is 24.3. The van der Waals surface area contributed by atoms with E-state index in [2.05, 4.69) is 0 Å². The van der Waals surface area contributed by atoms with Gasteiger partial charge in [0, 0.05) is 0 Å². The molecular formula is C5H12MgO15. The fourth-order valence-electron chi connectivity index (χ4n) is 0. The molecule has 0 aromatic heterocycles. The van der Waals surface area contributed by atoms with Crippen molar-refractivity contribution < 1.29 is 75.0 Å². The van der Waals surface area contributed by atoms with Crippen molar-refractivity contribution in [1.29, 1.82) is 0 Å². The highest BCUT2D eigenvalue weighted by Crippen LogP contribution is 1.44. The van der Waals surface area contributed by atoms with Gasteiger partial charge in [-0.05, 0) is 0 Å². The Morgan fingerprint density at radius 3 is 0.333 bits per heavy atom. The molecule has 0 atom stereocenters. The summed E-state index contributed by atoms with van der Waals surface area (Å²) in [6.45, 7) is 0. The van der Waals surface area contributed by atoms with Crippen LogP contribution in [-0.2, 0) is 0 Å². The number of hydrogen-bond acceptors (Lipinski definition) is 5. The van der Waals surface area contributed by atoms with Gasteiger partial charge in [-0.3, -0.25) is 0 Å². The summed E-state index contributed by atoms with van der Waals surface area (Å²) in [6, 6.07) is 0. The van der Waals surface area contributed by atoms with E-state index >= 15 is 0 Å². The second kappa shape index (κ2) is 30.3. The molecule has 15 nitrogen and oxygen atoms in total. The van der Waals surface area contributed by atoms with Crippen molar-refractivity contribution in [2.75, 3.05) is 0 Å². The SMILES string of the molecule is O=C(O)O.O=C(O)O.O=C(O)O.O=C(O)O.O=C(O)O.[MgH2]. The Morgan fingerprint density at radius 1 is 0.333 bits per heavy atom. The molecule has 0 bridgehead atoms. The molecule has 0 saturated heterocycles. The van der Waals surface area contributed by atoms with Crippen LogP contribution in [0.3, 0.4) is 0 Å². The Balaban J connectivity index is -0.0000000331. The third kappa shape index (κ3) is 470. The zero-order chi connectivity index (χ0) is 17.9. The Bertz CT molecular complexity index is 207. The van der Waals surface area contributed by atoms with Crippen LogP contribution in [-0.4, -0.2) is 105 Å². The molecule has 0 amide bonds. The molecule has 0 fully saturated rings. The Morgan fingerprint density at radius 2 is 0.333 bits per heavy atom. The molecule has 10 N–H and O–H groups in total. The summed E-state index contributed by atoms with van der Waals surface area (Å²) in [5.41, 5.74) is 0. The van der Waals surface area contributed by atoms with E-state index in [0.717, 1.165) is 0 Å². The van der Waals surface area contributed by atoms with E-state index in [1.54, 1.807) is 0 Å². The average molecular weight is 336 g/mol. The summed E-state index contributed by atoms with van der Waals surface area (Å²) in [5.74, 6) is 0. The van der Waals surface area contributed by atoms with Crippen LogP contribution in [0.5, 0.6) is 0 Å². The summed E-state index contributed by atoms with van der Waals surface area (Å²) in [4.78, 5) is 42.8. The molecule has 0 spiro atoms. The average Bonchev–Trinajstić information content (AvgIpc) is 1.94. The summed E-state index contributed by atoms with van der Waals surface area (Å²) in [6.07, 6.45) is -9.17. The van der Waals surface area contributed by atoms with Gasteiger partial charge in [0.2, 0.25) is 0 Å². The highest BCUT2D eigenvalue weighted by Gasteiger charge is 1.71. The molecule has 0 aliphatic carbocycles. The topological polar surface area (TPSA) is 288 Å². The first-order chi connectivity index (χ1) is 8.66. The number of carboxylic acid groups (broad SMARTS) is 10. The van der Waals surface area contributed by atoms with Gasteiger partial charge in [0.25, 0.3) is 0 Å². The van der Waals surface area contributed by atoms with Crippen molar-refractivity contribution in [3.05, 3.63) is 0 Å². The molecule has 0 heterocycles. The van der Waals surface area contributed by atoms with Crippen LogP contribution in [0.4, 0.5) is 24.0 Å². The molecule has 0 aromatic carbocycles. The lowest BCUT2D eigenvalue weighted by Gasteiger charge is -1.60. The fourth-order valence-corrected chi connectivity index (χ4v) is 0. The smallest absolute Gasteiger partial charge is 0.450 e. The van der Waals surface area contributed by atoms with Crippen molar-refractivity contribution in [1.82, 2.24) is 0 Å². The third-order valence-corrected chi connectivity index (χ3v) is 0. The van der Waals surface area contributed by atoms with Crippen molar-refractivity contribution in [2.24, 2.45) is 0 Å². The van der Waals surface area contributed by atoms with Crippen LogP contribution < -0.4 is 0 Å². The molecule has 124 valence electrons. The molecule has 21 heavy (non-hydrogen) atoms. The summed E-state index contributed by atoms with van der Waals surface area (Å²) in [5, 5.41) is 69.7. The molecule has 0 radical (unpaired) electrons. The van der Waals surface area contributed by atoms with Gasteiger partial charge in [-0.1, -0.05) is 0 Å². The molecule has 0 aliphatic rings. The lowest BCUT2D eigenvalue weighted by molar-refractivity contribution is 0.135. The third-order valence-electron chi connectivity index (χ3n) is 0. The lowest BCUT2D eigenvalue weighted by atomic mass is 11.5. The minimum Gasteiger partial charge on any atom is -0.450 e. The quantitative estimate of drug-likeness (QED) is 0.264. The van der Waals surface area contributed by atoms with E-state index in [-0.39, 0.29) is 23.1 Å². The van der Waals surface area contributed by atoms with Crippen molar-refractivity contribution >= 4 is 53.8 Å². The maximum atomic E-state index is 8.56. The Kier molecular flexibility index (Phi) is 52.1. The van der Waals surface area contributed by atoms with E-state index < -0.39 is 30.8 Å². The van der Waals surface area contributed by atoms with Gasteiger partial charge in [-0.2, -0.15) is 0 Å². The van der Waals surface area contributed by atoms with Crippen LogP contribution in [0.25, 0.3) is 0 Å². The zero-order valence-corrected chi connectivity index (χ0v) is 9.01. The van der Waals surface area contributed by atoms with E-state index in [4.69, 9.17) is 75.0 Å². The van der Waals surface area contributed by atoms with Crippen LogP contribution in [0.1, 0.15) is 0 Å². The second-order valence-electron chi connectivity index (χ2n) is 1.41. The summed E-state index contributed by atoms with van der Waals surface area (Å²) >= 11 is 0. The lowest BCUT2D eigenvalue weighted by Crippen LogP contribution is -1.81. The molecule has 0 rings (SSSR count). The van der Waals surface area contributed by atoms with Gasteiger partial charge in [0.1, 0.15) is 0 Å². The van der Waals surface area contributed by atoms with Crippen LogP contribution in [0.2, 0.25) is 0 Å². The fraction of sp³-hybridized carbons (Fsp3) is 0. The normalized spacial score (nSPS) is 5.71. The predicted molar refractivity (Wildman–Crippen MR) is 61.8 cm³/mol. The first kappa shape index (κ1) is 36.2. The number of rotatable bonds is 0. The molecule has 16 heteroatoms. The van der Waals surface area contributed by atoms with Gasteiger partial charge in [0.15, 0.2) is 0 Å². The zero-order valence-electron chi connectivity index (χ0n) is 9.01. The van der Waals surface area contributed by atoms with Gasteiger partial charge >= 0.3 is 53.8 Å². The summed E-state index contributed by atoms with van der Waals surface area (Å²) in [7, 11) is 0. The van der Waals surface area contributed by atoms with Gasteiger partial charge in [0.05, 0.1) is 0 Å². The molecule has 0 saturated carbocycles. The first-order valence-corrected chi connectivity index (χ1v) is 3.26. The maximum Gasteiger partial charge on any atom is 0.503 e. The van der Waals surface area contributed by atoms with Gasteiger partial charge in [-0.25, -0.2) is 24.0 Å². The maximum absolute atomic E-state index is 8.56. The van der Waals surface area contributed by atoms with Crippen LogP contribution in [0, 0.1) is 0 Å². The largest absolute Gasteiger partial charge is 0.503 e. The predicted octanol–water partition coefficient (Wildman–Crippen LogP) is 0.196. The van der Waals surface area contributed by atoms with Gasteiger partial charge in [-0.15, -0.1) is 0 Å². The Hall–Kier alpha value is -2.88. The minimum absolute atomic E-state index is 0. The van der Waals surface area contributed by atoms with E-state index in [9.17, 15) is 0 Å². The second-order valence-corrected chi connectivity index (χ2v) is 1.41. The van der Waals surface area contributed by atoms with Crippen molar-refractivity contribution in [2.45, 2.75) is 0 Å². The first-order valence-electron chi connectivity index (χ1n) is 3.26. The highest BCUT2D eigenvalue weighted by molar-refractivity contribution is 5.75. The van der Waals surface area contributed by atoms with Crippen LogP contribution >= 0.6 is 0 Å². The monoisotopic (exact) mass is 336 g/mol. The summed E-state index contributed by atoms with van der Waals surface area (Å²) < 4.78 is 0. The number of carbonyl (C=O) groups is 5. The van der Waals surface area contributed by atoms with E-state index in [0.29, 0.717) is 0 Å². The van der Waals surface area contributed by atoms with Crippen LogP contribution in [0.15, 0.2) is 0 Å². The molecule has 0 aromatic rings. The van der Waals surface area contributed by atoms with E-state index in [1.807, 2.05) is 0 Å². The molecule has 0 aliphatic heterocycles. The Labute approximate surface area is 129 Å².